The third kappa shape index (κ3) is 9.54. The van der Waals surface area contributed by atoms with Gasteiger partial charge in [0.25, 0.3) is 14.1 Å². The molecule has 0 bridgehead atoms. The molecule has 0 aliphatic carbocycles. The van der Waals surface area contributed by atoms with E-state index in [1.807, 2.05) is 78.9 Å². The number of nitrogens with one attached hydrogen (secondary N) is 1. The molecular weight excluding hydrogens is 898 g/mol. The molecule has 1 unspecified atom stereocenters. The summed E-state index contributed by atoms with van der Waals surface area (Å²) in [5, 5.41) is 2.70. The molecule has 4 heterocycles. The molecule has 7 atom stereocenters. The van der Waals surface area contributed by atoms with E-state index < -0.39 is 58.0 Å². The molecule has 15 heteroatoms. The average Bonchev–Trinajstić information content (AvgIpc) is 4.09. The summed E-state index contributed by atoms with van der Waals surface area (Å²) in [5.74, 6) is 1.40. The van der Waals surface area contributed by atoms with Gasteiger partial charge < -0.3 is 37.5 Å². The van der Waals surface area contributed by atoms with Crippen LogP contribution < -0.4 is 31.1 Å². The Hall–Kier alpha value is -5.25. The largest absolute Gasteiger partial charge is 0.497 e. The van der Waals surface area contributed by atoms with E-state index in [1.54, 1.807) is 28.3 Å². The van der Waals surface area contributed by atoms with Gasteiger partial charge in [0, 0.05) is 31.5 Å². The Labute approximate surface area is 399 Å². The Balaban J connectivity index is 1.12. The number of aromatic nitrogens is 2. The van der Waals surface area contributed by atoms with Crippen molar-refractivity contribution in [1.29, 1.82) is 0 Å². The van der Waals surface area contributed by atoms with Crippen LogP contribution in [0.2, 0.25) is 12.6 Å². The molecule has 0 saturated carbocycles. The predicted octanol–water partition coefficient (Wildman–Crippen LogP) is 7.17. The van der Waals surface area contributed by atoms with Crippen molar-refractivity contribution >= 4 is 27.0 Å². The summed E-state index contributed by atoms with van der Waals surface area (Å²) in [6.45, 7) is 5.37. The van der Waals surface area contributed by atoms with E-state index in [0.29, 0.717) is 17.1 Å². The van der Waals surface area contributed by atoms with Gasteiger partial charge in [-0.2, -0.15) is 0 Å². The number of fused-ring (bicyclic) bond motifs is 1. The summed E-state index contributed by atoms with van der Waals surface area (Å²) >= 11 is 0. The van der Waals surface area contributed by atoms with Crippen LogP contribution in [0.1, 0.15) is 41.3 Å². The monoisotopic (exact) mass is 957 g/mol. The van der Waals surface area contributed by atoms with Crippen LogP contribution >= 0.6 is 8.53 Å². The number of hydrogen-bond donors (Lipinski definition) is 1. The highest BCUT2D eigenvalue weighted by atomic mass is 31.2. The Morgan fingerprint density at radius 1 is 0.735 bits per heavy atom. The number of aromatic amines is 1. The lowest BCUT2D eigenvalue weighted by atomic mass is 9.80. The van der Waals surface area contributed by atoms with Crippen molar-refractivity contribution in [3.63, 3.8) is 0 Å². The number of H-pyrrole nitrogens is 1. The topological polar surface area (TPSA) is 132 Å². The van der Waals surface area contributed by atoms with Gasteiger partial charge in [0.1, 0.15) is 43.5 Å². The summed E-state index contributed by atoms with van der Waals surface area (Å²) in [5.41, 5.74) is 0.616. The SMILES string of the molecule is COCCOC1[C@@H](O[P@@]2O[C@@H](C[Si](C)(c3ccccc3)c3ccccc3)[C@H]3CCCN32)[C@@H](COC(c2ccccc2)(c2ccc(OC)cc2)c2ccc(OC)cc2)O[C@H]1n1cc(C)c(=O)[nH]c1=O. The molecule has 9 rings (SSSR count). The number of hydrogen-bond acceptors (Lipinski definition) is 11. The van der Waals surface area contributed by atoms with Gasteiger partial charge >= 0.3 is 5.69 Å². The van der Waals surface area contributed by atoms with Crippen LogP contribution in [-0.2, 0) is 33.6 Å². The van der Waals surface area contributed by atoms with E-state index in [9.17, 15) is 9.59 Å². The summed E-state index contributed by atoms with van der Waals surface area (Å²) < 4.78 is 56.3. The zero-order valence-corrected chi connectivity index (χ0v) is 41.1. The molecule has 68 heavy (non-hydrogen) atoms. The Morgan fingerprint density at radius 2 is 1.31 bits per heavy atom. The second-order valence-corrected chi connectivity index (χ2v) is 23.4. The minimum absolute atomic E-state index is 0.0155. The first-order chi connectivity index (χ1) is 33.2. The second kappa shape index (κ2) is 21.2. The number of benzene rings is 5. The van der Waals surface area contributed by atoms with Gasteiger partial charge in [0.2, 0.25) is 0 Å². The second-order valence-electron chi connectivity index (χ2n) is 17.8. The Kier molecular flexibility index (Phi) is 14.9. The lowest BCUT2D eigenvalue weighted by Crippen LogP contribution is -2.58. The highest BCUT2D eigenvalue weighted by Gasteiger charge is 2.55. The van der Waals surface area contributed by atoms with E-state index in [1.165, 1.54) is 21.1 Å². The number of methoxy groups -OCH3 is 3. The van der Waals surface area contributed by atoms with Gasteiger partial charge in [-0.1, -0.05) is 132 Å². The predicted molar refractivity (Wildman–Crippen MR) is 265 cm³/mol. The molecule has 0 spiro atoms. The van der Waals surface area contributed by atoms with Crippen molar-refractivity contribution in [3.05, 3.63) is 189 Å². The minimum atomic E-state index is -2.33. The zero-order chi connectivity index (χ0) is 47.3. The van der Waals surface area contributed by atoms with Gasteiger partial charge in [-0.3, -0.25) is 14.3 Å². The molecule has 1 aromatic heterocycles. The highest BCUT2D eigenvalue weighted by Crippen LogP contribution is 2.59. The van der Waals surface area contributed by atoms with Crippen molar-refractivity contribution in [1.82, 2.24) is 14.2 Å². The van der Waals surface area contributed by atoms with E-state index in [4.69, 9.17) is 37.5 Å². The number of nitrogens with zero attached hydrogens (tertiary/aromatic N) is 2. The maximum Gasteiger partial charge on any atom is 0.330 e. The molecule has 3 aliphatic heterocycles. The van der Waals surface area contributed by atoms with Crippen molar-refractivity contribution in [2.45, 2.75) is 74.6 Å². The fourth-order valence-corrected chi connectivity index (χ4v) is 16.1. The van der Waals surface area contributed by atoms with E-state index in [2.05, 4.69) is 76.9 Å². The molecule has 6 aromatic rings. The summed E-state index contributed by atoms with van der Waals surface area (Å²) in [6, 6.07) is 48.5. The Bertz CT molecular complexity index is 2610. The molecule has 3 saturated heterocycles. The maximum absolute atomic E-state index is 13.8. The molecular formula is C53H60N3O10PSi. The quantitative estimate of drug-likeness (QED) is 0.0384. The fourth-order valence-electron chi connectivity index (χ4n) is 10.1. The van der Waals surface area contributed by atoms with Crippen molar-refractivity contribution < 1.29 is 37.5 Å². The normalized spacial score (nSPS) is 22.9. The molecule has 5 aromatic carbocycles. The first-order valence-electron chi connectivity index (χ1n) is 23.2. The smallest absolute Gasteiger partial charge is 0.330 e. The maximum atomic E-state index is 13.8. The van der Waals surface area contributed by atoms with Crippen LogP contribution in [0.4, 0.5) is 0 Å². The molecule has 0 amide bonds. The van der Waals surface area contributed by atoms with E-state index in [0.717, 1.165) is 42.1 Å². The fraction of sp³-hybridized carbons (Fsp3) is 0.358. The van der Waals surface area contributed by atoms with Gasteiger partial charge in [0.15, 0.2) is 6.23 Å². The van der Waals surface area contributed by atoms with Crippen LogP contribution in [0, 0.1) is 6.92 Å². The van der Waals surface area contributed by atoms with E-state index in [-0.39, 0.29) is 32.0 Å². The van der Waals surface area contributed by atoms with Gasteiger partial charge in [-0.05, 0) is 66.8 Å². The summed E-state index contributed by atoms with van der Waals surface area (Å²) in [4.78, 5) is 29.0. The van der Waals surface area contributed by atoms with Crippen molar-refractivity contribution in [2.24, 2.45) is 0 Å². The lowest BCUT2D eigenvalue weighted by Gasteiger charge is -2.37. The Morgan fingerprint density at radius 3 is 1.88 bits per heavy atom. The van der Waals surface area contributed by atoms with Crippen molar-refractivity contribution in [3.8, 4) is 11.5 Å². The summed E-state index contributed by atoms with van der Waals surface area (Å²) in [6.07, 6.45) is -0.0708. The molecule has 0 radical (unpaired) electrons. The van der Waals surface area contributed by atoms with E-state index >= 15 is 0 Å². The number of aryl methyl sites for hydroxylation is 1. The number of ether oxygens (including phenoxy) is 6. The van der Waals surface area contributed by atoms with Crippen LogP contribution in [-0.4, -0.2) is 100 Å². The highest BCUT2D eigenvalue weighted by molar-refractivity contribution is 7.45. The zero-order valence-electron chi connectivity index (χ0n) is 39.2. The van der Waals surface area contributed by atoms with Crippen LogP contribution in [0.15, 0.2) is 155 Å². The van der Waals surface area contributed by atoms with Crippen molar-refractivity contribution in [2.75, 3.05) is 47.7 Å². The average molecular weight is 958 g/mol. The van der Waals surface area contributed by atoms with Gasteiger partial charge in [-0.15, -0.1) is 0 Å². The number of rotatable bonds is 19. The lowest BCUT2D eigenvalue weighted by molar-refractivity contribution is -0.0991. The third-order valence-corrected chi connectivity index (χ3v) is 19.9. The van der Waals surface area contributed by atoms with Crippen LogP contribution in [0.3, 0.4) is 0 Å². The summed E-state index contributed by atoms with van der Waals surface area (Å²) in [7, 11) is 0.916. The molecule has 3 fully saturated rings. The van der Waals surface area contributed by atoms with Crippen LogP contribution in [0.5, 0.6) is 11.5 Å². The van der Waals surface area contributed by atoms with Crippen LogP contribution in [0.25, 0.3) is 0 Å². The molecule has 1 N–H and O–H groups in total. The molecule has 13 nitrogen and oxygen atoms in total. The first-order valence-corrected chi connectivity index (χ1v) is 27.1. The minimum Gasteiger partial charge on any atom is -0.497 e. The van der Waals surface area contributed by atoms with Gasteiger partial charge in [-0.25, -0.2) is 9.46 Å². The third-order valence-electron chi connectivity index (χ3n) is 13.7. The molecule has 356 valence electrons. The first kappa shape index (κ1) is 47.8. The van der Waals surface area contributed by atoms with Gasteiger partial charge in [0.05, 0.1) is 40.1 Å². The standard InChI is InChI=1S/C53H60N3O10PSi/c1-37-34-55(52(58)54-50(37)57)51-49(62-33-32-59-2)48(66-67-56-31-15-22-45(56)47(65-67)36-68(5,43-18-11-7-12-19-43)44-20-13-8-14-21-44)46(64-51)35-63-53(38-16-9-6-10-17-38,39-23-27-41(60-3)28-24-39)40-25-29-42(61-4)30-26-40/h6-14,16-21,23-30,34,45-49,51H,15,22,31-33,35-36H2,1-5H3,(H,54,57,58)/t45-,46-,47+,48+,49?,51-,67-/m1/s1. The molecule has 3 aliphatic rings.